The summed E-state index contributed by atoms with van der Waals surface area (Å²) in [6.45, 7) is 6.79. The summed E-state index contributed by atoms with van der Waals surface area (Å²) in [6.07, 6.45) is 8.43. The normalized spacial score (nSPS) is 28.5. The third kappa shape index (κ3) is 3.46. The zero-order chi connectivity index (χ0) is 17.4. The lowest BCUT2D eigenvalue weighted by Crippen LogP contribution is -2.48. The van der Waals surface area contributed by atoms with E-state index in [1.165, 1.54) is 12.8 Å². The van der Waals surface area contributed by atoms with Crippen molar-refractivity contribution in [2.75, 3.05) is 19.7 Å². The summed E-state index contributed by atoms with van der Waals surface area (Å²) in [6, 6.07) is 0.621. The van der Waals surface area contributed by atoms with Crippen molar-refractivity contribution in [2.45, 2.75) is 70.4 Å². The highest BCUT2D eigenvalue weighted by Gasteiger charge is 2.38. The molecule has 1 saturated carbocycles. The van der Waals surface area contributed by atoms with Crippen molar-refractivity contribution in [3.05, 3.63) is 12.2 Å². The minimum absolute atomic E-state index is 0.0421. The Morgan fingerprint density at radius 3 is 2.64 bits per heavy atom. The molecule has 0 radical (unpaired) electrons. The number of hydrogen-bond donors (Lipinski definition) is 0. The van der Waals surface area contributed by atoms with Crippen LogP contribution >= 0.6 is 0 Å². The molecule has 0 aromatic carbocycles. The fourth-order valence-electron chi connectivity index (χ4n) is 4.49. The first kappa shape index (κ1) is 17.0. The van der Waals surface area contributed by atoms with E-state index in [0.29, 0.717) is 23.8 Å². The van der Waals surface area contributed by atoms with Gasteiger partial charge in [-0.05, 0) is 44.4 Å². The van der Waals surface area contributed by atoms with Gasteiger partial charge in [-0.25, -0.2) is 0 Å². The average Bonchev–Trinajstić information content (AvgIpc) is 3.38. The van der Waals surface area contributed by atoms with Gasteiger partial charge in [-0.2, -0.15) is 0 Å². The smallest absolute Gasteiger partial charge is 0.228 e. The van der Waals surface area contributed by atoms with E-state index in [9.17, 15) is 4.79 Å². The maximum atomic E-state index is 13.1. The Morgan fingerprint density at radius 1 is 1.20 bits per heavy atom. The predicted molar refractivity (Wildman–Crippen MR) is 94.2 cm³/mol. The number of piperidine rings is 1. The minimum Gasteiger partial charge on any atom is -0.377 e. The zero-order valence-corrected chi connectivity index (χ0v) is 15.4. The van der Waals surface area contributed by atoms with Gasteiger partial charge < -0.3 is 14.2 Å². The molecule has 1 aromatic rings. The van der Waals surface area contributed by atoms with Crippen LogP contribution < -0.4 is 0 Å². The quantitative estimate of drug-likeness (QED) is 0.841. The Kier molecular flexibility index (Phi) is 4.80. The molecule has 4 rings (SSSR count). The van der Waals surface area contributed by atoms with E-state index in [2.05, 4.69) is 33.5 Å². The number of carbonyl (C=O) groups excluding carboxylic acids is 1. The topological polar surface area (TPSA) is 60.2 Å². The Hall–Kier alpha value is -1.43. The minimum atomic E-state index is 0.0421. The van der Waals surface area contributed by atoms with E-state index >= 15 is 0 Å². The van der Waals surface area contributed by atoms with Crippen molar-refractivity contribution in [2.24, 2.45) is 11.8 Å². The molecular weight excluding hydrogens is 316 g/mol. The van der Waals surface area contributed by atoms with Gasteiger partial charge in [0.2, 0.25) is 5.91 Å². The first-order valence-corrected chi connectivity index (χ1v) is 9.95. The van der Waals surface area contributed by atoms with E-state index in [-0.39, 0.29) is 12.0 Å². The van der Waals surface area contributed by atoms with Crippen molar-refractivity contribution in [3.63, 3.8) is 0 Å². The van der Waals surface area contributed by atoms with Crippen LogP contribution in [-0.4, -0.2) is 51.4 Å². The molecule has 1 aliphatic carbocycles. The third-order valence-electron chi connectivity index (χ3n) is 6.05. The average molecular weight is 346 g/mol. The molecule has 0 spiro atoms. The summed E-state index contributed by atoms with van der Waals surface area (Å²) in [7, 11) is 0. The summed E-state index contributed by atoms with van der Waals surface area (Å²) < 4.78 is 8.19. The van der Waals surface area contributed by atoms with E-state index < -0.39 is 0 Å². The molecule has 6 nitrogen and oxygen atoms in total. The van der Waals surface area contributed by atoms with Crippen molar-refractivity contribution in [1.82, 2.24) is 19.7 Å². The van der Waals surface area contributed by atoms with Crippen molar-refractivity contribution in [3.8, 4) is 0 Å². The second-order valence-corrected chi connectivity index (χ2v) is 8.26. The highest BCUT2D eigenvalue weighted by molar-refractivity contribution is 5.79. The number of carbonyl (C=O) groups is 1. The Balaban J connectivity index is 1.37. The summed E-state index contributed by atoms with van der Waals surface area (Å²) in [5.41, 5.74) is 0. The summed E-state index contributed by atoms with van der Waals surface area (Å²) in [5.74, 6) is 2.32. The molecule has 138 valence electrons. The second kappa shape index (κ2) is 7.06. The molecule has 3 heterocycles. The van der Waals surface area contributed by atoms with Crippen LogP contribution in [0.25, 0.3) is 0 Å². The van der Waals surface area contributed by atoms with Gasteiger partial charge in [0.15, 0.2) is 0 Å². The SMILES string of the molecule is CC(C)C1OCCCC1C(=O)N1CCC(c2nncn2C2CC2)CC1. The molecule has 25 heavy (non-hydrogen) atoms. The lowest BCUT2D eigenvalue weighted by Gasteiger charge is -2.39. The fraction of sp³-hybridized carbons (Fsp3) is 0.842. The van der Waals surface area contributed by atoms with Crippen LogP contribution in [0.15, 0.2) is 6.33 Å². The molecular formula is C19H30N4O2. The monoisotopic (exact) mass is 346 g/mol. The molecule has 2 unspecified atom stereocenters. The Morgan fingerprint density at radius 2 is 1.96 bits per heavy atom. The molecule has 2 aliphatic heterocycles. The highest BCUT2D eigenvalue weighted by Crippen LogP contribution is 2.38. The van der Waals surface area contributed by atoms with E-state index in [4.69, 9.17) is 4.74 Å². The number of amides is 1. The van der Waals surface area contributed by atoms with Gasteiger partial charge in [0.25, 0.3) is 0 Å². The number of nitrogens with zero attached hydrogens (tertiary/aromatic N) is 4. The van der Waals surface area contributed by atoms with Gasteiger partial charge in [0, 0.05) is 31.7 Å². The van der Waals surface area contributed by atoms with Crippen molar-refractivity contribution >= 4 is 5.91 Å². The van der Waals surface area contributed by atoms with Gasteiger partial charge in [0.1, 0.15) is 12.2 Å². The first-order chi connectivity index (χ1) is 12.1. The van der Waals surface area contributed by atoms with Gasteiger partial charge in [-0.3, -0.25) is 4.79 Å². The van der Waals surface area contributed by atoms with Crippen LogP contribution in [0.3, 0.4) is 0 Å². The molecule has 3 fully saturated rings. The number of ether oxygens (including phenoxy) is 1. The van der Waals surface area contributed by atoms with Gasteiger partial charge >= 0.3 is 0 Å². The molecule has 2 saturated heterocycles. The maximum absolute atomic E-state index is 13.1. The highest BCUT2D eigenvalue weighted by atomic mass is 16.5. The van der Waals surface area contributed by atoms with Crippen LogP contribution in [-0.2, 0) is 9.53 Å². The summed E-state index contributed by atoms with van der Waals surface area (Å²) in [5, 5.41) is 8.52. The molecule has 1 amide bonds. The largest absolute Gasteiger partial charge is 0.377 e. The maximum Gasteiger partial charge on any atom is 0.228 e. The summed E-state index contributed by atoms with van der Waals surface area (Å²) in [4.78, 5) is 15.1. The predicted octanol–water partition coefficient (Wildman–Crippen LogP) is 2.77. The third-order valence-corrected chi connectivity index (χ3v) is 6.05. The van der Waals surface area contributed by atoms with E-state index in [1.807, 2.05) is 6.33 Å². The lowest BCUT2D eigenvalue weighted by molar-refractivity contribution is -0.148. The lowest BCUT2D eigenvalue weighted by atomic mass is 9.85. The van der Waals surface area contributed by atoms with Crippen LogP contribution in [0.2, 0.25) is 0 Å². The number of aromatic nitrogens is 3. The van der Waals surface area contributed by atoms with Crippen LogP contribution in [0.5, 0.6) is 0 Å². The fourth-order valence-corrected chi connectivity index (χ4v) is 4.49. The van der Waals surface area contributed by atoms with Gasteiger partial charge in [0.05, 0.1) is 12.0 Å². The molecule has 6 heteroatoms. The van der Waals surface area contributed by atoms with Gasteiger partial charge in [-0.1, -0.05) is 13.8 Å². The van der Waals surface area contributed by atoms with Crippen LogP contribution in [0, 0.1) is 11.8 Å². The zero-order valence-electron chi connectivity index (χ0n) is 15.4. The Labute approximate surface area is 149 Å². The van der Waals surface area contributed by atoms with Crippen molar-refractivity contribution in [1.29, 1.82) is 0 Å². The molecule has 0 N–H and O–H groups in total. The van der Waals surface area contributed by atoms with Crippen LogP contribution in [0.4, 0.5) is 0 Å². The first-order valence-electron chi connectivity index (χ1n) is 9.95. The summed E-state index contributed by atoms with van der Waals surface area (Å²) >= 11 is 0. The van der Waals surface area contributed by atoms with Gasteiger partial charge in [-0.15, -0.1) is 10.2 Å². The molecule has 3 aliphatic rings. The van der Waals surface area contributed by atoms with E-state index in [0.717, 1.165) is 51.2 Å². The van der Waals surface area contributed by atoms with Crippen LogP contribution in [0.1, 0.15) is 70.2 Å². The number of rotatable bonds is 4. The number of hydrogen-bond acceptors (Lipinski definition) is 4. The molecule has 1 aromatic heterocycles. The van der Waals surface area contributed by atoms with Crippen molar-refractivity contribution < 1.29 is 9.53 Å². The standard InChI is InChI=1S/C19H30N4O2/c1-13(2)17-16(4-3-11-25-17)19(24)22-9-7-14(8-10-22)18-21-20-12-23(18)15-5-6-15/h12-17H,3-11H2,1-2H3. The molecule has 2 atom stereocenters. The Bertz CT molecular complexity index is 602. The second-order valence-electron chi connectivity index (χ2n) is 8.26. The number of likely N-dealkylation sites (tertiary alicyclic amines) is 1. The molecule has 0 bridgehead atoms. The van der Waals surface area contributed by atoms with E-state index in [1.54, 1.807) is 0 Å².